The molecule has 0 spiro atoms. The summed E-state index contributed by atoms with van der Waals surface area (Å²) in [7, 11) is 0. The largest absolute Gasteiger partial charge is 0.484 e. The third-order valence-electron chi connectivity index (χ3n) is 4.15. The molecular formula is C17H25NO2. The van der Waals surface area contributed by atoms with Crippen LogP contribution in [0.2, 0.25) is 0 Å². The number of carbonyl (C=O) groups excluding carboxylic acids is 1. The highest BCUT2D eigenvalue weighted by molar-refractivity contribution is 5.77. The van der Waals surface area contributed by atoms with Crippen LogP contribution in [0.1, 0.15) is 43.7 Å². The van der Waals surface area contributed by atoms with E-state index in [9.17, 15) is 4.79 Å². The summed E-state index contributed by atoms with van der Waals surface area (Å²) in [6.07, 6.45) is 4.80. The number of rotatable bonds is 4. The van der Waals surface area contributed by atoms with E-state index in [-0.39, 0.29) is 12.5 Å². The molecular weight excluding hydrogens is 250 g/mol. The molecule has 0 heterocycles. The second-order valence-electron chi connectivity index (χ2n) is 5.99. The zero-order chi connectivity index (χ0) is 14.5. The van der Waals surface area contributed by atoms with Crippen LogP contribution in [0.15, 0.2) is 18.2 Å². The summed E-state index contributed by atoms with van der Waals surface area (Å²) in [5.41, 5.74) is 2.28. The summed E-state index contributed by atoms with van der Waals surface area (Å²) in [4.78, 5) is 12.0. The van der Waals surface area contributed by atoms with Crippen LogP contribution >= 0.6 is 0 Å². The Balaban J connectivity index is 1.82. The first-order valence-corrected chi connectivity index (χ1v) is 7.55. The molecule has 1 fully saturated rings. The Morgan fingerprint density at radius 2 is 2.05 bits per heavy atom. The number of carbonyl (C=O) groups is 1. The molecule has 0 aliphatic heterocycles. The van der Waals surface area contributed by atoms with Gasteiger partial charge < -0.3 is 10.1 Å². The summed E-state index contributed by atoms with van der Waals surface area (Å²) in [5, 5.41) is 3.11. The number of ether oxygens (including phenoxy) is 1. The highest BCUT2D eigenvalue weighted by Crippen LogP contribution is 2.23. The first-order valence-electron chi connectivity index (χ1n) is 7.55. The van der Waals surface area contributed by atoms with E-state index in [1.807, 2.05) is 26.0 Å². The summed E-state index contributed by atoms with van der Waals surface area (Å²) in [5.74, 6) is 1.36. The molecule has 0 aromatic heterocycles. The minimum atomic E-state index is -0.0104. The van der Waals surface area contributed by atoms with Gasteiger partial charge in [0.1, 0.15) is 5.75 Å². The van der Waals surface area contributed by atoms with Crippen LogP contribution in [0, 0.1) is 19.8 Å². The molecule has 1 aliphatic rings. The van der Waals surface area contributed by atoms with E-state index in [2.05, 4.69) is 18.3 Å². The SMILES string of the molecule is Cc1ccc(OCC(=O)NC2CCCCC2C)c(C)c1. The van der Waals surface area contributed by atoms with E-state index < -0.39 is 0 Å². The number of hydrogen-bond donors (Lipinski definition) is 1. The van der Waals surface area contributed by atoms with E-state index in [4.69, 9.17) is 4.74 Å². The summed E-state index contributed by atoms with van der Waals surface area (Å²) in [6.45, 7) is 6.37. The fourth-order valence-corrected chi connectivity index (χ4v) is 2.88. The lowest BCUT2D eigenvalue weighted by molar-refractivity contribution is -0.124. The van der Waals surface area contributed by atoms with Gasteiger partial charge in [-0.25, -0.2) is 0 Å². The van der Waals surface area contributed by atoms with Crippen molar-refractivity contribution in [3.8, 4) is 5.75 Å². The molecule has 110 valence electrons. The molecule has 1 N–H and O–H groups in total. The molecule has 0 radical (unpaired) electrons. The fraction of sp³-hybridized carbons (Fsp3) is 0.588. The number of nitrogens with one attached hydrogen (secondary N) is 1. The highest BCUT2D eigenvalue weighted by atomic mass is 16.5. The molecule has 3 nitrogen and oxygen atoms in total. The second kappa shape index (κ2) is 6.78. The van der Waals surface area contributed by atoms with Crippen molar-refractivity contribution in [3.63, 3.8) is 0 Å². The van der Waals surface area contributed by atoms with Gasteiger partial charge in [-0.3, -0.25) is 4.79 Å². The Morgan fingerprint density at radius 1 is 1.30 bits per heavy atom. The molecule has 1 amide bonds. The van der Waals surface area contributed by atoms with E-state index in [1.54, 1.807) is 0 Å². The molecule has 2 atom stereocenters. The van der Waals surface area contributed by atoms with Crippen LogP contribution in [0.4, 0.5) is 0 Å². The summed E-state index contributed by atoms with van der Waals surface area (Å²) in [6, 6.07) is 6.32. The van der Waals surface area contributed by atoms with Crippen molar-refractivity contribution in [3.05, 3.63) is 29.3 Å². The molecule has 2 rings (SSSR count). The summed E-state index contributed by atoms with van der Waals surface area (Å²) >= 11 is 0. The minimum absolute atomic E-state index is 0.0104. The van der Waals surface area contributed by atoms with Crippen molar-refractivity contribution in [1.29, 1.82) is 0 Å². The van der Waals surface area contributed by atoms with Gasteiger partial charge in [0.15, 0.2) is 6.61 Å². The Morgan fingerprint density at radius 3 is 2.75 bits per heavy atom. The fourth-order valence-electron chi connectivity index (χ4n) is 2.88. The number of aryl methyl sites for hydroxylation is 2. The van der Waals surface area contributed by atoms with Crippen molar-refractivity contribution in [2.45, 2.75) is 52.5 Å². The smallest absolute Gasteiger partial charge is 0.258 e. The zero-order valence-corrected chi connectivity index (χ0v) is 12.7. The minimum Gasteiger partial charge on any atom is -0.484 e. The van der Waals surface area contributed by atoms with Crippen LogP contribution in [0.3, 0.4) is 0 Å². The van der Waals surface area contributed by atoms with Gasteiger partial charge in [0.05, 0.1) is 0 Å². The van der Waals surface area contributed by atoms with Gasteiger partial charge in [-0.05, 0) is 44.2 Å². The molecule has 0 saturated heterocycles. The van der Waals surface area contributed by atoms with Crippen LogP contribution < -0.4 is 10.1 Å². The Hall–Kier alpha value is -1.51. The third kappa shape index (κ3) is 3.99. The van der Waals surface area contributed by atoms with Gasteiger partial charge in [-0.2, -0.15) is 0 Å². The first kappa shape index (κ1) is 14.9. The maximum atomic E-state index is 12.0. The van der Waals surface area contributed by atoms with E-state index in [0.717, 1.165) is 17.7 Å². The van der Waals surface area contributed by atoms with Crippen LogP contribution in [0.5, 0.6) is 5.75 Å². The molecule has 20 heavy (non-hydrogen) atoms. The monoisotopic (exact) mass is 275 g/mol. The van der Waals surface area contributed by atoms with Crippen LogP contribution in [-0.2, 0) is 4.79 Å². The van der Waals surface area contributed by atoms with Crippen molar-refractivity contribution in [2.24, 2.45) is 5.92 Å². The van der Waals surface area contributed by atoms with Crippen molar-refractivity contribution >= 4 is 5.91 Å². The predicted molar refractivity (Wildman–Crippen MR) is 81.0 cm³/mol. The maximum absolute atomic E-state index is 12.0. The van der Waals surface area contributed by atoms with Gasteiger partial charge in [0.25, 0.3) is 5.91 Å². The van der Waals surface area contributed by atoms with Crippen LogP contribution in [0.25, 0.3) is 0 Å². The van der Waals surface area contributed by atoms with Gasteiger partial charge in [0.2, 0.25) is 0 Å². The lowest BCUT2D eigenvalue weighted by Gasteiger charge is -2.29. The molecule has 3 heteroatoms. The molecule has 2 unspecified atom stereocenters. The van der Waals surface area contributed by atoms with Gasteiger partial charge in [-0.1, -0.05) is 37.5 Å². The number of hydrogen-bond acceptors (Lipinski definition) is 2. The topological polar surface area (TPSA) is 38.3 Å². The Bertz CT molecular complexity index is 470. The third-order valence-corrected chi connectivity index (χ3v) is 4.15. The normalized spacial score (nSPS) is 22.4. The molecule has 0 bridgehead atoms. The predicted octanol–water partition coefficient (Wildman–Crippen LogP) is 3.38. The maximum Gasteiger partial charge on any atom is 0.258 e. The summed E-state index contributed by atoms with van der Waals surface area (Å²) < 4.78 is 5.62. The average molecular weight is 275 g/mol. The van der Waals surface area contributed by atoms with Crippen molar-refractivity contribution in [1.82, 2.24) is 5.32 Å². The van der Waals surface area contributed by atoms with Gasteiger partial charge in [-0.15, -0.1) is 0 Å². The van der Waals surface area contributed by atoms with E-state index in [0.29, 0.717) is 12.0 Å². The van der Waals surface area contributed by atoms with Gasteiger partial charge >= 0.3 is 0 Å². The second-order valence-corrected chi connectivity index (χ2v) is 5.99. The standard InChI is InChI=1S/C17H25NO2/c1-12-8-9-16(14(3)10-12)20-11-17(19)18-15-7-5-4-6-13(15)2/h8-10,13,15H,4-7,11H2,1-3H3,(H,18,19). The first-order chi connectivity index (χ1) is 9.56. The van der Waals surface area contributed by atoms with Crippen molar-refractivity contribution in [2.75, 3.05) is 6.61 Å². The Kier molecular flexibility index (Phi) is 5.05. The van der Waals surface area contributed by atoms with Crippen LogP contribution in [-0.4, -0.2) is 18.6 Å². The molecule has 1 aromatic rings. The zero-order valence-electron chi connectivity index (χ0n) is 12.7. The lowest BCUT2D eigenvalue weighted by Crippen LogP contribution is -2.43. The van der Waals surface area contributed by atoms with E-state index in [1.165, 1.54) is 24.8 Å². The average Bonchev–Trinajstić information content (AvgIpc) is 2.40. The molecule has 1 saturated carbocycles. The Labute approximate surface area is 121 Å². The molecule has 1 aromatic carbocycles. The van der Waals surface area contributed by atoms with E-state index >= 15 is 0 Å². The highest BCUT2D eigenvalue weighted by Gasteiger charge is 2.22. The molecule has 1 aliphatic carbocycles. The van der Waals surface area contributed by atoms with Gasteiger partial charge in [0, 0.05) is 6.04 Å². The quantitative estimate of drug-likeness (QED) is 0.915. The number of benzene rings is 1. The van der Waals surface area contributed by atoms with Crippen molar-refractivity contribution < 1.29 is 9.53 Å². The lowest BCUT2D eigenvalue weighted by atomic mass is 9.86. The number of amides is 1.